The molecule has 36 heavy (non-hydrogen) atoms. The molecular weight excluding hydrogens is 482 g/mol. The molecule has 4 nitrogen and oxygen atoms in total. The molecule has 0 bridgehead atoms. The first-order valence-electron chi connectivity index (χ1n) is 9.83. The standard InChI is InChI=1S/C26H10F6N4/c27-25(28,29)19-5-1-15(2-6-19)21-9-24(18(13-35)14-36)22(10-23(21)17(11-33)12-34)16-3-7-20(8-4-16)26(30,31)32/h1-10H. The summed E-state index contributed by atoms with van der Waals surface area (Å²) in [7, 11) is 0. The van der Waals surface area contributed by atoms with Crippen LogP contribution in [0.15, 0.2) is 60.7 Å². The Kier molecular flexibility index (Phi) is 6.86. The molecule has 0 unspecified atom stereocenters. The minimum atomic E-state index is -4.61. The molecule has 0 aromatic heterocycles. The molecule has 10 heteroatoms. The number of nitrogens with zero attached hydrogens (tertiary/aromatic N) is 4. The maximum Gasteiger partial charge on any atom is 0.416 e. The van der Waals surface area contributed by atoms with Gasteiger partial charge in [0.15, 0.2) is 0 Å². The normalized spacial score (nSPS) is 10.9. The summed E-state index contributed by atoms with van der Waals surface area (Å²) >= 11 is 0. The number of alkyl halides is 6. The second-order valence-corrected chi connectivity index (χ2v) is 7.29. The molecule has 0 saturated heterocycles. The van der Waals surface area contributed by atoms with Crippen molar-refractivity contribution in [2.45, 2.75) is 12.4 Å². The Hall–Kier alpha value is -5.06. The van der Waals surface area contributed by atoms with Gasteiger partial charge in [-0.1, -0.05) is 24.3 Å². The Balaban J connectivity index is 2.46. The van der Waals surface area contributed by atoms with Crippen LogP contribution in [0.2, 0.25) is 0 Å². The fraction of sp³-hybridized carbons (Fsp3) is 0.0769. The molecular formula is C26H10F6N4. The van der Waals surface area contributed by atoms with Gasteiger partial charge in [-0.05, 0) is 58.7 Å². The number of rotatable bonds is 2. The summed E-state index contributed by atoms with van der Waals surface area (Å²) < 4.78 is 78.0. The molecule has 0 aliphatic rings. The van der Waals surface area contributed by atoms with Gasteiger partial charge in [-0.25, -0.2) is 0 Å². The lowest BCUT2D eigenvalue weighted by Gasteiger charge is -2.12. The van der Waals surface area contributed by atoms with Gasteiger partial charge in [0, 0.05) is 10.4 Å². The highest BCUT2D eigenvalue weighted by Gasteiger charge is 2.31. The molecule has 0 spiro atoms. The largest absolute Gasteiger partial charge is 0.416 e. The van der Waals surface area contributed by atoms with E-state index in [1.807, 2.05) is 0 Å². The minimum Gasteiger partial charge on any atom is -0.192 e. The van der Waals surface area contributed by atoms with E-state index in [4.69, 9.17) is 0 Å². The summed E-state index contributed by atoms with van der Waals surface area (Å²) in [5.41, 5.74) is -2.29. The van der Waals surface area contributed by atoms with Gasteiger partial charge in [-0.15, -0.1) is 0 Å². The molecule has 176 valence electrons. The van der Waals surface area contributed by atoms with Crippen molar-refractivity contribution >= 4 is 11.1 Å². The van der Waals surface area contributed by atoms with E-state index >= 15 is 0 Å². The summed E-state index contributed by atoms with van der Waals surface area (Å²) in [5, 5.41) is 37.8. The van der Waals surface area contributed by atoms with Crippen molar-refractivity contribution in [1.29, 1.82) is 21.0 Å². The number of nitriles is 4. The van der Waals surface area contributed by atoms with E-state index < -0.39 is 34.6 Å². The molecule has 0 amide bonds. The number of hydrogen-bond donors (Lipinski definition) is 0. The maximum absolute atomic E-state index is 13.0. The zero-order valence-electron chi connectivity index (χ0n) is 17.8. The van der Waals surface area contributed by atoms with Crippen molar-refractivity contribution in [2.24, 2.45) is 0 Å². The predicted molar refractivity (Wildman–Crippen MR) is 116 cm³/mol. The van der Waals surface area contributed by atoms with Crippen molar-refractivity contribution in [2.75, 3.05) is 0 Å². The first-order valence-corrected chi connectivity index (χ1v) is 9.83. The number of hydrogen-bond acceptors (Lipinski definition) is 4. The third-order valence-corrected chi connectivity index (χ3v) is 5.19. The Morgan fingerprint density at radius 2 is 0.778 bits per heavy atom. The Morgan fingerprint density at radius 1 is 0.500 bits per heavy atom. The van der Waals surface area contributed by atoms with E-state index in [2.05, 4.69) is 0 Å². The first-order chi connectivity index (χ1) is 16.9. The van der Waals surface area contributed by atoms with E-state index in [1.165, 1.54) is 12.1 Å². The lowest BCUT2D eigenvalue weighted by Crippen LogP contribution is -2.19. The summed E-state index contributed by atoms with van der Waals surface area (Å²) in [5.74, 6) is 0. The molecule has 0 saturated carbocycles. The van der Waals surface area contributed by atoms with Gasteiger partial charge in [0.2, 0.25) is 0 Å². The Morgan fingerprint density at radius 3 is 1.00 bits per heavy atom. The van der Waals surface area contributed by atoms with Crippen LogP contribution in [0.4, 0.5) is 26.3 Å². The fourth-order valence-corrected chi connectivity index (χ4v) is 3.46. The van der Waals surface area contributed by atoms with E-state index in [9.17, 15) is 47.4 Å². The van der Waals surface area contributed by atoms with E-state index in [0.29, 0.717) is 0 Å². The van der Waals surface area contributed by atoms with Gasteiger partial charge in [-0.2, -0.15) is 47.4 Å². The van der Waals surface area contributed by atoms with Crippen LogP contribution in [-0.4, -0.2) is 0 Å². The van der Waals surface area contributed by atoms with Crippen LogP contribution >= 0.6 is 0 Å². The van der Waals surface area contributed by atoms with E-state index in [-0.39, 0.29) is 32.7 Å². The van der Waals surface area contributed by atoms with E-state index in [1.54, 1.807) is 24.3 Å². The number of benzene rings is 3. The van der Waals surface area contributed by atoms with Crippen molar-refractivity contribution in [3.8, 4) is 46.5 Å². The van der Waals surface area contributed by atoms with Crippen LogP contribution in [0.3, 0.4) is 0 Å². The summed E-state index contributed by atoms with van der Waals surface area (Å²) in [4.78, 5) is 0. The molecule has 0 fully saturated rings. The highest BCUT2D eigenvalue weighted by molar-refractivity contribution is 5.85. The fourth-order valence-electron chi connectivity index (χ4n) is 3.46. The molecule has 0 aliphatic carbocycles. The van der Waals surface area contributed by atoms with Gasteiger partial charge in [0.25, 0.3) is 0 Å². The number of halogens is 6. The molecule has 0 radical (unpaired) electrons. The second-order valence-electron chi connectivity index (χ2n) is 7.29. The lowest BCUT2D eigenvalue weighted by molar-refractivity contribution is -0.138. The Labute approximate surface area is 200 Å². The predicted octanol–water partition coefficient (Wildman–Crippen LogP) is 5.45. The smallest absolute Gasteiger partial charge is 0.192 e. The zero-order valence-corrected chi connectivity index (χ0v) is 17.8. The van der Waals surface area contributed by atoms with Gasteiger partial charge < -0.3 is 0 Å². The minimum absolute atomic E-state index is 0.0337. The van der Waals surface area contributed by atoms with Gasteiger partial charge in [0.05, 0.1) is 11.1 Å². The molecule has 0 N–H and O–H groups in total. The van der Waals surface area contributed by atoms with Crippen molar-refractivity contribution in [3.05, 3.63) is 82.2 Å². The van der Waals surface area contributed by atoms with Crippen LogP contribution in [-0.2, 0) is 12.4 Å². The Bertz CT molecular complexity index is 1460. The zero-order chi connectivity index (χ0) is 26.7. The molecule has 0 aliphatic heterocycles. The quantitative estimate of drug-likeness (QED) is 0.445. The topological polar surface area (TPSA) is 95.2 Å². The summed E-state index contributed by atoms with van der Waals surface area (Å²) in [6.45, 7) is 0. The second kappa shape index (κ2) is 9.66. The third kappa shape index (κ3) is 5.04. The highest BCUT2D eigenvalue weighted by atomic mass is 19.4. The monoisotopic (exact) mass is 492 g/mol. The van der Waals surface area contributed by atoms with Crippen LogP contribution in [0.5, 0.6) is 0 Å². The van der Waals surface area contributed by atoms with Crippen molar-refractivity contribution in [1.82, 2.24) is 0 Å². The lowest BCUT2D eigenvalue weighted by atomic mass is 9.92. The van der Waals surface area contributed by atoms with Gasteiger partial charge in [0.1, 0.15) is 35.4 Å². The molecule has 3 aromatic rings. The SMILES string of the molecule is N#CC(C#N)=c1cc(-c2ccc(C(F)(F)F)cc2)c(=C(C#N)C#N)cc1-c1ccc(C(F)(F)F)cc1. The van der Waals surface area contributed by atoms with Crippen LogP contribution in [0.1, 0.15) is 11.1 Å². The third-order valence-electron chi connectivity index (χ3n) is 5.19. The molecule has 3 aromatic carbocycles. The van der Waals surface area contributed by atoms with Gasteiger partial charge >= 0.3 is 12.4 Å². The highest BCUT2D eigenvalue weighted by Crippen LogP contribution is 2.32. The van der Waals surface area contributed by atoms with Crippen molar-refractivity contribution in [3.63, 3.8) is 0 Å². The van der Waals surface area contributed by atoms with Crippen LogP contribution < -0.4 is 10.4 Å². The summed E-state index contributed by atoms with van der Waals surface area (Å²) in [6.07, 6.45) is -9.23. The summed E-state index contributed by atoms with van der Waals surface area (Å²) in [6, 6.07) is 16.8. The average molecular weight is 492 g/mol. The van der Waals surface area contributed by atoms with Gasteiger partial charge in [-0.3, -0.25) is 0 Å². The van der Waals surface area contributed by atoms with Crippen LogP contribution in [0, 0.1) is 45.3 Å². The van der Waals surface area contributed by atoms with Crippen LogP contribution in [0.25, 0.3) is 33.4 Å². The molecule has 0 heterocycles. The average Bonchev–Trinajstić information content (AvgIpc) is 2.85. The van der Waals surface area contributed by atoms with E-state index in [0.717, 1.165) is 48.5 Å². The molecule has 3 rings (SSSR count). The molecule has 0 atom stereocenters. The maximum atomic E-state index is 13.0. The first kappa shape index (κ1) is 25.6. The van der Waals surface area contributed by atoms with Crippen molar-refractivity contribution < 1.29 is 26.3 Å².